The maximum atomic E-state index is 9.20. The van der Waals surface area contributed by atoms with Crippen molar-refractivity contribution in [2.45, 2.75) is 39.8 Å². The second kappa shape index (κ2) is 6.44. The Morgan fingerprint density at radius 3 is 2.60 bits per heavy atom. The van der Waals surface area contributed by atoms with E-state index in [-0.39, 0.29) is 18.1 Å². The summed E-state index contributed by atoms with van der Waals surface area (Å²) in [5.41, 5.74) is 0.117. The smallest absolute Gasteiger partial charge is 0.0636 e. The van der Waals surface area contributed by atoms with E-state index in [4.69, 9.17) is 11.6 Å². The molecule has 1 atom stereocenters. The van der Waals surface area contributed by atoms with Crippen LogP contribution in [0.4, 0.5) is 0 Å². The molecule has 2 aromatic rings. The topological polar surface area (TPSA) is 32.3 Å². The molecule has 1 aromatic heterocycles. The first-order chi connectivity index (χ1) is 9.43. The lowest BCUT2D eigenvalue weighted by Crippen LogP contribution is -2.40. The maximum absolute atomic E-state index is 9.20. The molecule has 0 bridgehead atoms. The van der Waals surface area contributed by atoms with Crippen molar-refractivity contribution >= 4 is 33.0 Å². The van der Waals surface area contributed by atoms with Crippen LogP contribution in [-0.2, 0) is 6.54 Å². The van der Waals surface area contributed by atoms with Crippen molar-refractivity contribution in [2.75, 3.05) is 6.61 Å². The second-order valence-corrected chi connectivity index (χ2v) is 7.66. The number of halogens is 1. The molecule has 0 saturated heterocycles. The lowest BCUT2D eigenvalue weighted by atomic mass is 9.85. The molecule has 0 aliphatic rings. The molecule has 4 heteroatoms. The van der Waals surface area contributed by atoms with E-state index in [2.05, 4.69) is 38.2 Å². The van der Waals surface area contributed by atoms with E-state index in [1.54, 1.807) is 11.3 Å². The van der Waals surface area contributed by atoms with Crippen LogP contribution >= 0.6 is 22.9 Å². The Labute approximate surface area is 129 Å². The van der Waals surface area contributed by atoms with Gasteiger partial charge in [0.15, 0.2) is 0 Å². The zero-order chi connectivity index (χ0) is 14.8. The van der Waals surface area contributed by atoms with Crippen LogP contribution in [0, 0.1) is 5.41 Å². The average Bonchev–Trinajstić information content (AvgIpc) is 2.71. The van der Waals surface area contributed by atoms with E-state index in [0.717, 1.165) is 23.4 Å². The molecule has 0 aliphatic carbocycles. The number of hydrogen-bond acceptors (Lipinski definition) is 3. The summed E-state index contributed by atoms with van der Waals surface area (Å²) in [6.07, 6.45) is 0.756. The molecular weight excluding hydrogens is 290 g/mol. The predicted octanol–water partition coefficient (Wildman–Crippen LogP) is 4.44. The fraction of sp³-hybridized carbons (Fsp3) is 0.500. The number of aliphatic hydroxyl groups is 1. The van der Waals surface area contributed by atoms with Gasteiger partial charge in [0.2, 0.25) is 0 Å². The van der Waals surface area contributed by atoms with Gasteiger partial charge < -0.3 is 10.4 Å². The third-order valence-electron chi connectivity index (χ3n) is 3.57. The zero-order valence-corrected chi connectivity index (χ0v) is 13.8. The molecule has 0 amide bonds. The van der Waals surface area contributed by atoms with Gasteiger partial charge in [0.05, 0.1) is 5.02 Å². The van der Waals surface area contributed by atoms with Gasteiger partial charge in [-0.05, 0) is 17.9 Å². The molecule has 2 nitrogen and oxygen atoms in total. The number of benzene rings is 1. The highest BCUT2D eigenvalue weighted by Crippen LogP contribution is 2.35. The molecule has 2 rings (SSSR count). The van der Waals surface area contributed by atoms with Crippen molar-refractivity contribution < 1.29 is 5.11 Å². The Hall–Kier alpha value is -0.610. The Morgan fingerprint density at radius 2 is 2.00 bits per heavy atom. The van der Waals surface area contributed by atoms with Gasteiger partial charge in [-0.25, -0.2) is 0 Å². The van der Waals surface area contributed by atoms with Gasteiger partial charge in [-0.1, -0.05) is 50.6 Å². The number of aliphatic hydroxyl groups excluding tert-OH is 1. The van der Waals surface area contributed by atoms with Crippen molar-refractivity contribution in [3.05, 3.63) is 34.2 Å². The Morgan fingerprint density at radius 1 is 1.30 bits per heavy atom. The molecule has 0 fully saturated rings. The summed E-state index contributed by atoms with van der Waals surface area (Å²) in [7, 11) is 0. The van der Waals surface area contributed by atoms with E-state index in [1.807, 2.05) is 12.1 Å². The fourth-order valence-corrected chi connectivity index (χ4v) is 3.82. The summed E-state index contributed by atoms with van der Waals surface area (Å²) >= 11 is 8.19. The van der Waals surface area contributed by atoms with Crippen LogP contribution < -0.4 is 5.32 Å². The quantitative estimate of drug-likeness (QED) is 0.855. The summed E-state index contributed by atoms with van der Waals surface area (Å²) in [5, 5.41) is 14.7. The number of rotatable bonds is 5. The molecule has 20 heavy (non-hydrogen) atoms. The van der Waals surface area contributed by atoms with Gasteiger partial charge in [0, 0.05) is 34.2 Å². The minimum Gasteiger partial charge on any atom is -0.396 e. The molecule has 1 heterocycles. The van der Waals surface area contributed by atoms with Crippen LogP contribution in [0.25, 0.3) is 10.1 Å². The maximum Gasteiger partial charge on any atom is 0.0636 e. The minimum absolute atomic E-state index is 0.117. The highest BCUT2D eigenvalue weighted by atomic mass is 35.5. The zero-order valence-electron chi connectivity index (χ0n) is 12.2. The molecule has 1 unspecified atom stereocenters. The monoisotopic (exact) mass is 311 g/mol. The number of thiophene rings is 1. The normalized spacial score (nSPS) is 13.8. The molecule has 2 N–H and O–H groups in total. The van der Waals surface area contributed by atoms with Crippen LogP contribution in [-0.4, -0.2) is 17.8 Å². The number of hydrogen-bond donors (Lipinski definition) is 2. The van der Waals surface area contributed by atoms with Crippen LogP contribution in [0.3, 0.4) is 0 Å². The van der Waals surface area contributed by atoms with E-state index in [1.165, 1.54) is 9.58 Å². The van der Waals surface area contributed by atoms with Crippen LogP contribution in [0.15, 0.2) is 24.3 Å². The molecular formula is C16H22ClNOS. The lowest BCUT2D eigenvalue weighted by molar-refractivity contribution is 0.197. The van der Waals surface area contributed by atoms with Gasteiger partial charge in [0.25, 0.3) is 0 Å². The van der Waals surface area contributed by atoms with Crippen LogP contribution in [0.1, 0.15) is 32.1 Å². The van der Waals surface area contributed by atoms with Gasteiger partial charge >= 0.3 is 0 Å². The van der Waals surface area contributed by atoms with E-state index in [0.29, 0.717) is 0 Å². The van der Waals surface area contributed by atoms with Crippen LogP contribution in [0.5, 0.6) is 0 Å². The molecule has 1 aromatic carbocycles. The van der Waals surface area contributed by atoms with Crippen molar-refractivity contribution in [3.63, 3.8) is 0 Å². The highest BCUT2D eigenvalue weighted by molar-refractivity contribution is 7.19. The second-order valence-electron chi connectivity index (χ2n) is 6.15. The summed E-state index contributed by atoms with van der Waals surface area (Å²) in [6.45, 7) is 7.52. The van der Waals surface area contributed by atoms with Gasteiger partial charge in [-0.2, -0.15) is 0 Å². The molecule has 0 radical (unpaired) electrons. The van der Waals surface area contributed by atoms with Gasteiger partial charge in [-0.3, -0.25) is 0 Å². The van der Waals surface area contributed by atoms with E-state index < -0.39 is 0 Å². The molecule has 110 valence electrons. The predicted molar refractivity (Wildman–Crippen MR) is 88.6 cm³/mol. The largest absolute Gasteiger partial charge is 0.396 e. The third-order valence-corrected chi connectivity index (χ3v) is 5.29. The summed E-state index contributed by atoms with van der Waals surface area (Å²) < 4.78 is 1.23. The summed E-state index contributed by atoms with van der Waals surface area (Å²) in [5.74, 6) is 0. The van der Waals surface area contributed by atoms with Crippen molar-refractivity contribution in [2.24, 2.45) is 5.41 Å². The molecule has 0 spiro atoms. The SMILES string of the molecule is CC(C)(C)C(CCO)NCc1sc2ccccc2c1Cl. The fourth-order valence-electron chi connectivity index (χ4n) is 2.36. The van der Waals surface area contributed by atoms with Crippen molar-refractivity contribution in [3.8, 4) is 0 Å². The Balaban J connectivity index is 2.14. The minimum atomic E-state index is 0.117. The highest BCUT2D eigenvalue weighted by Gasteiger charge is 2.24. The van der Waals surface area contributed by atoms with Crippen LogP contribution in [0.2, 0.25) is 5.02 Å². The summed E-state index contributed by atoms with van der Waals surface area (Å²) in [4.78, 5) is 1.17. The molecule has 0 aliphatic heterocycles. The first-order valence-corrected chi connectivity index (χ1v) is 8.13. The summed E-state index contributed by atoms with van der Waals surface area (Å²) in [6, 6.07) is 8.49. The third kappa shape index (κ3) is 3.53. The number of nitrogens with one attached hydrogen (secondary N) is 1. The van der Waals surface area contributed by atoms with Crippen molar-refractivity contribution in [1.82, 2.24) is 5.32 Å². The first kappa shape index (κ1) is 15.8. The number of fused-ring (bicyclic) bond motifs is 1. The average molecular weight is 312 g/mol. The van der Waals surface area contributed by atoms with Crippen molar-refractivity contribution in [1.29, 1.82) is 0 Å². The first-order valence-electron chi connectivity index (χ1n) is 6.93. The van der Waals surface area contributed by atoms with Gasteiger partial charge in [0.1, 0.15) is 0 Å². The Kier molecular flexibility index (Phi) is 5.08. The standard InChI is InChI=1S/C16H22ClNOS/c1-16(2,3)14(8-9-19)18-10-13-15(17)11-6-4-5-7-12(11)20-13/h4-7,14,18-19H,8-10H2,1-3H3. The lowest BCUT2D eigenvalue weighted by Gasteiger charge is -2.31. The van der Waals surface area contributed by atoms with Gasteiger partial charge in [-0.15, -0.1) is 11.3 Å². The Bertz CT molecular complexity index is 573. The van der Waals surface area contributed by atoms with E-state index >= 15 is 0 Å². The van der Waals surface area contributed by atoms with E-state index in [9.17, 15) is 5.11 Å². The molecule has 0 saturated carbocycles.